The lowest BCUT2D eigenvalue weighted by Gasteiger charge is -2.06. The van der Waals surface area contributed by atoms with E-state index in [-0.39, 0.29) is 5.82 Å². The fourth-order valence-corrected chi connectivity index (χ4v) is 3.71. The minimum Gasteiger partial charge on any atom is -0.481 e. The van der Waals surface area contributed by atoms with Crippen LogP contribution < -0.4 is 10.5 Å². The first-order chi connectivity index (χ1) is 15.5. The van der Waals surface area contributed by atoms with E-state index >= 15 is 0 Å². The first kappa shape index (κ1) is 19.6. The maximum absolute atomic E-state index is 14.1. The molecule has 160 valence electrons. The molecule has 5 aromatic rings. The molecule has 0 radical (unpaired) electrons. The molecule has 5 rings (SSSR count). The maximum Gasteiger partial charge on any atom is 0.221 e. The van der Waals surface area contributed by atoms with E-state index in [9.17, 15) is 4.39 Å². The van der Waals surface area contributed by atoms with Gasteiger partial charge >= 0.3 is 0 Å². The van der Waals surface area contributed by atoms with Gasteiger partial charge in [-0.25, -0.2) is 24.0 Å². The number of aromatic nitrogens is 7. The van der Waals surface area contributed by atoms with Gasteiger partial charge in [0.25, 0.3) is 0 Å². The molecule has 1 aromatic carbocycles. The summed E-state index contributed by atoms with van der Waals surface area (Å²) in [6.07, 6.45) is 5.26. The molecule has 0 aliphatic heterocycles. The molecular formula is C22H19FN8O. The number of nitrogens with zero attached hydrogens (tertiary/aromatic N) is 7. The monoisotopic (exact) mass is 430 g/mol. The molecule has 10 heteroatoms. The Morgan fingerprint density at radius 3 is 2.72 bits per heavy atom. The number of hydrogen-bond acceptors (Lipinski definition) is 7. The molecular weight excluding hydrogens is 411 g/mol. The molecule has 0 aliphatic carbocycles. The molecule has 0 bridgehead atoms. The number of halogens is 1. The highest BCUT2D eigenvalue weighted by molar-refractivity contribution is 6.01. The summed E-state index contributed by atoms with van der Waals surface area (Å²) < 4.78 is 22.9. The number of nitrogens with two attached hydrogens (primary N) is 1. The van der Waals surface area contributed by atoms with Gasteiger partial charge in [0, 0.05) is 23.5 Å². The summed E-state index contributed by atoms with van der Waals surface area (Å²) in [7, 11) is 1.57. The van der Waals surface area contributed by atoms with Crippen molar-refractivity contribution in [1.29, 1.82) is 0 Å². The SMILES string of the molecule is COc1ncccc1-c1cn(Cc2cn(-c3ccccc3F)nn2)c2nc(C)nc(N)c12. The van der Waals surface area contributed by atoms with Gasteiger partial charge in [-0.15, -0.1) is 5.10 Å². The zero-order chi connectivity index (χ0) is 22.2. The molecule has 0 spiro atoms. The average molecular weight is 430 g/mol. The number of hydrogen-bond donors (Lipinski definition) is 1. The van der Waals surface area contributed by atoms with Crippen molar-refractivity contribution in [3.8, 4) is 22.7 Å². The largest absolute Gasteiger partial charge is 0.481 e. The third-order valence-electron chi connectivity index (χ3n) is 5.08. The number of para-hydroxylation sites is 1. The number of pyridine rings is 1. The Morgan fingerprint density at radius 2 is 1.91 bits per heavy atom. The molecule has 0 saturated heterocycles. The van der Waals surface area contributed by atoms with Crippen molar-refractivity contribution in [2.24, 2.45) is 0 Å². The van der Waals surface area contributed by atoms with Gasteiger partial charge in [0.2, 0.25) is 5.88 Å². The van der Waals surface area contributed by atoms with Crippen LogP contribution in [0.2, 0.25) is 0 Å². The van der Waals surface area contributed by atoms with Crippen LogP contribution in [0.4, 0.5) is 10.2 Å². The van der Waals surface area contributed by atoms with Crippen molar-refractivity contribution in [1.82, 2.24) is 34.5 Å². The van der Waals surface area contributed by atoms with Gasteiger partial charge in [0.15, 0.2) is 0 Å². The zero-order valence-corrected chi connectivity index (χ0v) is 17.4. The lowest BCUT2D eigenvalue weighted by atomic mass is 10.1. The van der Waals surface area contributed by atoms with Crippen molar-refractivity contribution in [2.75, 3.05) is 12.8 Å². The number of ether oxygens (including phenoxy) is 1. The summed E-state index contributed by atoms with van der Waals surface area (Å²) in [6, 6.07) is 10.1. The van der Waals surface area contributed by atoms with Gasteiger partial charge < -0.3 is 15.0 Å². The smallest absolute Gasteiger partial charge is 0.221 e. The van der Waals surface area contributed by atoms with Crippen LogP contribution in [-0.2, 0) is 6.54 Å². The minimum atomic E-state index is -0.377. The molecule has 0 fully saturated rings. The second-order valence-electron chi connectivity index (χ2n) is 7.19. The van der Waals surface area contributed by atoms with Crippen LogP contribution in [0.15, 0.2) is 55.0 Å². The van der Waals surface area contributed by atoms with Crippen LogP contribution in [0.5, 0.6) is 5.88 Å². The van der Waals surface area contributed by atoms with E-state index in [2.05, 4.69) is 25.3 Å². The summed E-state index contributed by atoms with van der Waals surface area (Å²) >= 11 is 0. The third-order valence-corrected chi connectivity index (χ3v) is 5.08. The van der Waals surface area contributed by atoms with Crippen LogP contribution in [-0.4, -0.2) is 41.6 Å². The molecule has 0 atom stereocenters. The first-order valence-electron chi connectivity index (χ1n) is 9.83. The molecule has 32 heavy (non-hydrogen) atoms. The minimum absolute atomic E-state index is 0.326. The molecule has 0 saturated carbocycles. The van der Waals surface area contributed by atoms with Crippen molar-refractivity contribution in [3.05, 3.63) is 72.3 Å². The molecule has 2 N–H and O–H groups in total. The second-order valence-corrected chi connectivity index (χ2v) is 7.19. The molecule has 9 nitrogen and oxygen atoms in total. The maximum atomic E-state index is 14.1. The Labute approximate surface area is 182 Å². The Balaban J connectivity index is 1.62. The number of rotatable bonds is 5. The third kappa shape index (κ3) is 3.31. The van der Waals surface area contributed by atoms with E-state index in [0.29, 0.717) is 46.5 Å². The summed E-state index contributed by atoms with van der Waals surface area (Å²) in [5.41, 5.74) is 9.46. The van der Waals surface area contributed by atoms with Crippen molar-refractivity contribution in [3.63, 3.8) is 0 Å². The Hall–Kier alpha value is -4.34. The first-order valence-corrected chi connectivity index (χ1v) is 9.83. The van der Waals surface area contributed by atoms with Gasteiger partial charge in [-0.1, -0.05) is 17.3 Å². The predicted molar refractivity (Wildman–Crippen MR) is 117 cm³/mol. The van der Waals surface area contributed by atoms with Crippen LogP contribution in [0.1, 0.15) is 11.5 Å². The van der Waals surface area contributed by atoms with Gasteiger partial charge in [-0.05, 0) is 31.2 Å². The summed E-state index contributed by atoms with van der Waals surface area (Å²) in [6.45, 7) is 2.13. The van der Waals surface area contributed by atoms with Crippen LogP contribution >= 0.6 is 0 Å². The molecule has 0 unspecified atom stereocenters. The van der Waals surface area contributed by atoms with E-state index in [1.54, 1.807) is 44.6 Å². The second kappa shape index (κ2) is 7.73. The van der Waals surface area contributed by atoms with E-state index in [0.717, 1.165) is 11.1 Å². The fourth-order valence-electron chi connectivity index (χ4n) is 3.71. The van der Waals surface area contributed by atoms with Gasteiger partial charge in [-0.3, -0.25) is 0 Å². The average Bonchev–Trinajstić information content (AvgIpc) is 3.39. The van der Waals surface area contributed by atoms with Crippen LogP contribution in [0.25, 0.3) is 27.8 Å². The molecule has 0 aliphatic rings. The van der Waals surface area contributed by atoms with Crippen molar-refractivity contribution >= 4 is 16.9 Å². The highest BCUT2D eigenvalue weighted by Crippen LogP contribution is 2.37. The molecule has 4 heterocycles. The molecule has 0 amide bonds. The topological polar surface area (TPSA) is 110 Å². The van der Waals surface area contributed by atoms with Crippen LogP contribution in [0, 0.1) is 12.7 Å². The van der Waals surface area contributed by atoms with Crippen LogP contribution in [0.3, 0.4) is 0 Å². The Bertz CT molecular complexity index is 1440. The number of aryl methyl sites for hydroxylation is 1. The predicted octanol–water partition coefficient (Wildman–Crippen LogP) is 3.16. The number of fused-ring (bicyclic) bond motifs is 1. The number of anilines is 1. The van der Waals surface area contributed by atoms with Gasteiger partial charge in [0.1, 0.15) is 34.5 Å². The van der Waals surface area contributed by atoms with Gasteiger partial charge in [-0.2, -0.15) is 0 Å². The summed E-state index contributed by atoms with van der Waals surface area (Å²) in [4.78, 5) is 13.2. The Kier molecular flexibility index (Phi) is 4.74. The Morgan fingerprint density at radius 1 is 1.06 bits per heavy atom. The van der Waals surface area contributed by atoms with E-state index in [1.165, 1.54) is 10.7 Å². The van der Waals surface area contributed by atoms with Gasteiger partial charge in [0.05, 0.1) is 25.2 Å². The number of methoxy groups -OCH3 is 1. The van der Waals surface area contributed by atoms with E-state index in [1.807, 2.05) is 22.9 Å². The normalized spacial score (nSPS) is 11.2. The standard InChI is InChI=1S/C22H19FN8O/c1-13-26-20(24)19-16(15-6-5-9-25-22(15)32-2)12-30(21(19)27-13)10-14-11-31(29-28-14)18-8-4-3-7-17(18)23/h3-9,11-12H,10H2,1-2H3,(H2,24,26,27). The quantitative estimate of drug-likeness (QED) is 0.456. The highest BCUT2D eigenvalue weighted by Gasteiger charge is 2.20. The summed E-state index contributed by atoms with van der Waals surface area (Å²) in [5.74, 6) is 1.01. The highest BCUT2D eigenvalue weighted by atomic mass is 19.1. The lowest BCUT2D eigenvalue weighted by Crippen LogP contribution is -2.03. The van der Waals surface area contributed by atoms with E-state index < -0.39 is 0 Å². The summed E-state index contributed by atoms with van der Waals surface area (Å²) in [5, 5.41) is 8.98. The number of nitrogen functional groups attached to an aromatic ring is 1. The van der Waals surface area contributed by atoms with Crippen molar-refractivity contribution < 1.29 is 9.13 Å². The van der Waals surface area contributed by atoms with Crippen molar-refractivity contribution in [2.45, 2.75) is 13.5 Å². The fraction of sp³-hybridized carbons (Fsp3) is 0.136. The molecule has 4 aromatic heterocycles. The lowest BCUT2D eigenvalue weighted by molar-refractivity contribution is 0.400. The van der Waals surface area contributed by atoms with E-state index in [4.69, 9.17) is 10.5 Å². The zero-order valence-electron chi connectivity index (χ0n) is 17.4. The number of benzene rings is 1.